The van der Waals surface area contributed by atoms with Gasteiger partial charge in [-0.3, -0.25) is 19.8 Å². The molecule has 0 spiro atoms. The van der Waals surface area contributed by atoms with E-state index in [2.05, 4.69) is 102 Å². The van der Waals surface area contributed by atoms with Gasteiger partial charge in [0.15, 0.2) is 31.1 Å². The smallest absolute Gasteiger partial charge is 0.338 e. The molecule has 0 saturated carbocycles. The van der Waals surface area contributed by atoms with Gasteiger partial charge < -0.3 is 27.5 Å². The first-order chi connectivity index (χ1) is 24.9. The van der Waals surface area contributed by atoms with Crippen molar-refractivity contribution in [1.29, 1.82) is 0 Å². The lowest BCUT2D eigenvalue weighted by Gasteiger charge is -2.53. The molecule has 0 bridgehead atoms. The molecule has 0 aliphatic carbocycles. The summed E-state index contributed by atoms with van der Waals surface area (Å²) >= 11 is 5.90. The second-order valence-corrected chi connectivity index (χ2v) is 33.5. The monoisotopic (exact) mass is 838 g/mol. The summed E-state index contributed by atoms with van der Waals surface area (Å²) in [5, 5.41) is 10.1. The average molecular weight is 840 g/mol. The quantitative estimate of drug-likeness (QED) is 0.0479. The summed E-state index contributed by atoms with van der Waals surface area (Å²) in [5.74, 6) is -0.630. The van der Waals surface area contributed by atoms with Crippen molar-refractivity contribution in [2.45, 2.75) is 154 Å². The Morgan fingerprint density at radius 1 is 0.782 bits per heavy atom. The van der Waals surface area contributed by atoms with Crippen LogP contribution >= 0.6 is 11.6 Å². The average Bonchev–Trinajstić information content (AvgIpc) is 3.04. The van der Waals surface area contributed by atoms with Gasteiger partial charge in [-0.15, -0.1) is 0 Å². The van der Waals surface area contributed by atoms with E-state index in [4.69, 9.17) is 39.1 Å². The molecule has 0 N–H and O–H groups in total. The highest BCUT2D eigenvalue weighted by Gasteiger charge is 2.59. The van der Waals surface area contributed by atoms with Gasteiger partial charge in [0.1, 0.15) is 30.7 Å². The second kappa shape index (κ2) is 17.1. The molecule has 12 nitrogen and oxygen atoms in total. The predicted octanol–water partition coefficient (Wildman–Crippen LogP) is 10.4. The Balaban J connectivity index is 2.37. The third-order valence-electron chi connectivity index (χ3n) is 11.7. The van der Waals surface area contributed by atoms with E-state index in [1.807, 2.05) is 30.3 Å². The van der Waals surface area contributed by atoms with Crippen LogP contribution in [0.1, 0.15) is 67.9 Å². The van der Waals surface area contributed by atoms with Crippen LogP contribution < -0.4 is 9.64 Å². The zero-order valence-electron chi connectivity index (χ0n) is 35.6. The molecule has 5 atom stereocenters. The van der Waals surface area contributed by atoms with Crippen LogP contribution in [-0.2, 0) is 34.2 Å². The number of rotatable bonds is 13. The van der Waals surface area contributed by atoms with E-state index in [1.165, 1.54) is 25.2 Å². The summed E-state index contributed by atoms with van der Waals surface area (Å²) in [7, 11) is -6.65. The van der Waals surface area contributed by atoms with E-state index in [0.717, 1.165) is 10.5 Å². The van der Waals surface area contributed by atoms with Crippen LogP contribution in [0.15, 0.2) is 48.5 Å². The lowest BCUT2D eigenvalue weighted by molar-refractivity contribution is -0.384. The zero-order chi connectivity index (χ0) is 42.1. The maximum atomic E-state index is 14.5. The number of hydrogen-bond donors (Lipinski definition) is 0. The third-order valence-corrected chi connectivity index (χ3v) is 25.4. The first-order valence-corrected chi connectivity index (χ1v) is 27.8. The zero-order valence-corrected chi connectivity index (χ0v) is 39.3. The number of nitro benzene ring substituents is 1. The maximum Gasteiger partial charge on any atom is 0.338 e. The molecule has 308 valence electrons. The van der Waals surface area contributed by atoms with Crippen molar-refractivity contribution in [3.63, 3.8) is 0 Å². The minimum atomic E-state index is -2.68. The summed E-state index contributed by atoms with van der Waals surface area (Å²) < 4.78 is 41.2. The molecule has 1 heterocycles. The minimum Gasteiger partial charge on any atom is -0.460 e. The number of nitrogens with zero attached hydrogens (tertiary/aromatic N) is 2. The van der Waals surface area contributed by atoms with Gasteiger partial charge in [-0.2, -0.15) is 0 Å². The van der Waals surface area contributed by atoms with Gasteiger partial charge in [-0.25, -0.2) is 4.79 Å². The van der Waals surface area contributed by atoms with Crippen LogP contribution in [0, 0.1) is 10.1 Å². The Labute approximate surface area is 336 Å². The van der Waals surface area contributed by atoms with Crippen LogP contribution in [0.2, 0.25) is 54.4 Å². The minimum absolute atomic E-state index is 0.00927. The van der Waals surface area contributed by atoms with Crippen LogP contribution in [-0.4, -0.2) is 79.0 Å². The normalized spacial score (nSPS) is 21.5. The van der Waals surface area contributed by atoms with Crippen LogP contribution in [0.3, 0.4) is 0 Å². The van der Waals surface area contributed by atoms with Crippen molar-refractivity contribution in [2.75, 3.05) is 11.9 Å². The molecule has 1 saturated heterocycles. The number of carbonyl (C=O) groups excluding carboxylic acids is 2. The van der Waals surface area contributed by atoms with Gasteiger partial charge in [0.05, 0.1) is 10.6 Å². The molecule has 1 amide bonds. The van der Waals surface area contributed by atoms with Gasteiger partial charge in [0.2, 0.25) is 6.29 Å². The second-order valence-electron chi connectivity index (χ2n) is 18.9. The number of amides is 1. The third kappa shape index (κ3) is 11.3. The molecule has 0 radical (unpaired) electrons. The Morgan fingerprint density at radius 2 is 1.25 bits per heavy atom. The summed E-state index contributed by atoms with van der Waals surface area (Å²) in [6.07, 6.45) is -5.52. The predicted molar refractivity (Wildman–Crippen MR) is 224 cm³/mol. The summed E-state index contributed by atoms with van der Waals surface area (Å²) in [4.78, 5) is 39.2. The molecule has 55 heavy (non-hydrogen) atoms. The number of hydrogen-bond acceptors (Lipinski definition) is 10. The SMILES string of the molecule is CN(C(=O)Cl)c1cc([N+](=O)[O-])ccc1OC1OC(C(=O)OCc2ccccc2)C(O[Si](C)(C)C(C)(C)C)C(O[Si](C)(C)C(C)(C)C)C1O[Si](C)(C)C(C)(C)C. The Bertz CT molecular complexity index is 1670. The van der Waals surface area contributed by atoms with E-state index >= 15 is 0 Å². The fraction of sp³-hybridized carbons (Fsp3) is 0.641. The standard InChI is InChI=1S/C39H63ClN2O10Si3/c1-37(2,3)53(11,12)50-30-31(51-54(13,14)38(4,5)6)33(52-55(15,16)39(7,8)9)35(49-32(30)34(43)47-25-26-20-18-17-19-21-26)48-29-23-22-27(42(45)46)24-28(29)41(10)36(40)44/h17-24,30-33,35H,25H2,1-16H3. The topological polar surface area (TPSA) is 136 Å². The van der Waals surface area contributed by atoms with E-state index in [1.54, 1.807) is 0 Å². The van der Waals surface area contributed by atoms with Crippen LogP contribution in [0.4, 0.5) is 16.2 Å². The number of anilines is 1. The highest BCUT2D eigenvalue weighted by molar-refractivity contribution is 6.75. The van der Waals surface area contributed by atoms with Gasteiger partial charge >= 0.3 is 11.3 Å². The largest absolute Gasteiger partial charge is 0.460 e. The van der Waals surface area contributed by atoms with Crippen LogP contribution in [0.25, 0.3) is 0 Å². The number of non-ortho nitro benzene ring substituents is 1. The molecule has 0 aromatic heterocycles. The fourth-order valence-electron chi connectivity index (χ4n) is 5.05. The molecule has 3 rings (SSSR count). The lowest BCUT2D eigenvalue weighted by Crippen LogP contribution is -2.69. The van der Waals surface area contributed by atoms with Crippen molar-refractivity contribution in [2.24, 2.45) is 0 Å². The molecule has 1 aliphatic heterocycles. The van der Waals surface area contributed by atoms with Crippen molar-refractivity contribution in [3.8, 4) is 5.75 Å². The molecule has 1 aliphatic rings. The number of benzene rings is 2. The highest BCUT2D eigenvalue weighted by Crippen LogP contribution is 2.47. The molecule has 2 aromatic carbocycles. The summed E-state index contributed by atoms with van der Waals surface area (Å²) in [6.45, 7) is 31.8. The van der Waals surface area contributed by atoms with Crippen molar-refractivity contribution >= 4 is 59.3 Å². The molecule has 16 heteroatoms. The van der Waals surface area contributed by atoms with E-state index in [9.17, 15) is 19.7 Å². The van der Waals surface area contributed by atoms with Gasteiger partial charge in [0, 0.05) is 19.2 Å². The molecule has 2 aromatic rings. The molecular formula is C39H63ClN2O10Si3. The lowest BCUT2D eigenvalue weighted by atomic mass is 9.99. The Kier molecular flexibility index (Phi) is 14.5. The van der Waals surface area contributed by atoms with Crippen molar-refractivity contribution < 1.29 is 42.0 Å². The molecule has 1 fully saturated rings. The van der Waals surface area contributed by atoms with Crippen LogP contribution in [0.5, 0.6) is 5.75 Å². The van der Waals surface area contributed by atoms with E-state index < -0.39 is 71.9 Å². The summed E-state index contributed by atoms with van der Waals surface area (Å²) in [6, 6.07) is 13.2. The van der Waals surface area contributed by atoms with Gasteiger partial charge in [-0.05, 0) is 77.6 Å². The van der Waals surface area contributed by atoms with E-state index in [-0.39, 0.29) is 38.8 Å². The number of ether oxygens (including phenoxy) is 3. The molecular weight excluding hydrogens is 776 g/mol. The number of nitro groups is 1. The number of halogens is 1. The number of esters is 1. The summed E-state index contributed by atoms with van der Waals surface area (Å²) in [5.41, 5.74) is 0.530. The van der Waals surface area contributed by atoms with Gasteiger partial charge in [-0.1, -0.05) is 92.6 Å². The van der Waals surface area contributed by atoms with Crippen molar-refractivity contribution in [1.82, 2.24) is 0 Å². The fourth-order valence-corrected chi connectivity index (χ4v) is 9.01. The number of carbonyl (C=O) groups is 2. The van der Waals surface area contributed by atoms with E-state index in [0.29, 0.717) is 0 Å². The molecule has 5 unspecified atom stereocenters. The Morgan fingerprint density at radius 3 is 1.71 bits per heavy atom. The Hall–Kier alpha value is -2.64. The maximum absolute atomic E-state index is 14.5. The first-order valence-electron chi connectivity index (χ1n) is 18.7. The van der Waals surface area contributed by atoms with Gasteiger partial charge in [0.25, 0.3) is 5.69 Å². The first kappa shape index (κ1) is 46.7. The highest BCUT2D eigenvalue weighted by atomic mass is 35.5. The van der Waals surface area contributed by atoms with Crippen molar-refractivity contribution in [3.05, 3.63) is 64.2 Å².